The van der Waals surface area contributed by atoms with Crippen LogP contribution in [0.1, 0.15) is 19.3 Å². The number of para-hydroxylation sites is 1. The van der Waals surface area contributed by atoms with Crippen molar-refractivity contribution in [3.05, 3.63) is 30.3 Å². The summed E-state index contributed by atoms with van der Waals surface area (Å²) in [6.07, 6.45) is 3.49. The van der Waals surface area contributed by atoms with Gasteiger partial charge in [-0.15, -0.1) is 24.8 Å². The fourth-order valence-corrected chi connectivity index (χ4v) is 3.44. The topological polar surface area (TPSA) is 55.9 Å². The predicted molar refractivity (Wildman–Crippen MR) is 113 cm³/mol. The fourth-order valence-electron chi connectivity index (χ4n) is 3.44. The molecular weight excluding hydrogens is 387 g/mol. The molecule has 3 rings (SSSR count). The fraction of sp³-hybridized carbons (Fsp3) is 0.579. The van der Waals surface area contributed by atoms with E-state index in [1.807, 2.05) is 40.1 Å². The molecule has 27 heavy (non-hydrogen) atoms. The first kappa shape index (κ1) is 23.5. The van der Waals surface area contributed by atoms with Crippen LogP contribution in [-0.2, 0) is 9.59 Å². The second kappa shape index (κ2) is 12.1. The minimum atomic E-state index is 0. The number of nitrogens with one attached hydrogen (secondary N) is 1. The molecule has 0 atom stereocenters. The van der Waals surface area contributed by atoms with E-state index in [9.17, 15) is 9.59 Å². The number of carbonyl (C=O) groups is 2. The zero-order chi connectivity index (χ0) is 17.5. The van der Waals surface area contributed by atoms with Crippen LogP contribution in [0.5, 0.6) is 0 Å². The van der Waals surface area contributed by atoms with Crippen LogP contribution >= 0.6 is 24.8 Å². The normalized spacial score (nSPS) is 17.5. The van der Waals surface area contributed by atoms with Gasteiger partial charge in [-0.2, -0.15) is 0 Å². The third kappa shape index (κ3) is 7.20. The van der Waals surface area contributed by atoms with E-state index >= 15 is 0 Å². The van der Waals surface area contributed by atoms with E-state index in [4.69, 9.17) is 0 Å². The number of hydrogen-bond acceptors (Lipinski definition) is 4. The molecule has 0 unspecified atom stereocenters. The lowest BCUT2D eigenvalue weighted by Crippen LogP contribution is -2.52. The van der Waals surface area contributed by atoms with Gasteiger partial charge in [0.15, 0.2) is 0 Å². The third-order valence-corrected chi connectivity index (χ3v) is 5.01. The zero-order valence-corrected chi connectivity index (χ0v) is 17.3. The number of amides is 2. The molecule has 0 radical (unpaired) electrons. The second-order valence-electron chi connectivity index (χ2n) is 6.82. The Morgan fingerprint density at radius 1 is 0.778 bits per heavy atom. The van der Waals surface area contributed by atoms with E-state index < -0.39 is 0 Å². The van der Waals surface area contributed by atoms with Crippen molar-refractivity contribution in [2.45, 2.75) is 19.3 Å². The van der Waals surface area contributed by atoms with Crippen LogP contribution in [0.2, 0.25) is 0 Å². The highest BCUT2D eigenvalue weighted by molar-refractivity contribution is 5.85. The van der Waals surface area contributed by atoms with Crippen molar-refractivity contribution in [2.24, 2.45) is 0 Å². The summed E-state index contributed by atoms with van der Waals surface area (Å²) in [5.41, 5.74) is 0.960. The Balaban J connectivity index is 0.00000182. The standard InChI is InChI=1S/C19H28N4O2.2ClH/c24-18(15-20-17-7-3-1-4-8-17)23-13-11-21(12-14-23)16-19(25)22-9-5-2-6-10-22;;/h1,3-4,7-8,20H,2,5-6,9-16H2;2*1H. The first-order valence-corrected chi connectivity index (χ1v) is 9.29. The van der Waals surface area contributed by atoms with Gasteiger partial charge in [0.2, 0.25) is 11.8 Å². The molecule has 0 bridgehead atoms. The van der Waals surface area contributed by atoms with Crippen LogP contribution in [0.4, 0.5) is 5.69 Å². The average molecular weight is 417 g/mol. The molecule has 1 aromatic carbocycles. The number of nitrogens with zero attached hydrogens (tertiary/aromatic N) is 3. The second-order valence-corrected chi connectivity index (χ2v) is 6.82. The summed E-state index contributed by atoms with van der Waals surface area (Å²) in [7, 11) is 0. The summed E-state index contributed by atoms with van der Waals surface area (Å²) in [4.78, 5) is 30.7. The van der Waals surface area contributed by atoms with Gasteiger partial charge in [-0.1, -0.05) is 18.2 Å². The van der Waals surface area contributed by atoms with Crippen molar-refractivity contribution in [3.63, 3.8) is 0 Å². The minimum Gasteiger partial charge on any atom is -0.376 e. The van der Waals surface area contributed by atoms with Crippen molar-refractivity contribution < 1.29 is 9.59 Å². The van der Waals surface area contributed by atoms with Crippen molar-refractivity contribution in [1.82, 2.24) is 14.7 Å². The van der Waals surface area contributed by atoms with Crippen LogP contribution in [-0.4, -0.2) is 78.9 Å². The van der Waals surface area contributed by atoms with Crippen LogP contribution in [0.3, 0.4) is 0 Å². The largest absolute Gasteiger partial charge is 0.376 e. The molecule has 6 nitrogen and oxygen atoms in total. The van der Waals surface area contributed by atoms with E-state index in [0.29, 0.717) is 26.2 Å². The Labute approximate surface area is 174 Å². The maximum absolute atomic E-state index is 12.3. The predicted octanol–water partition coefficient (Wildman–Crippen LogP) is 2.10. The number of halogens is 2. The molecule has 2 amide bonds. The third-order valence-electron chi connectivity index (χ3n) is 5.01. The number of piperazine rings is 1. The highest BCUT2D eigenvalue weighted by atomic mass is 35.5. The van der Waals surface area contributed by atoms with Crippen LogP contribution < -0.4 is 5.32 Å². The average Bonchev–Trinajstić information content (AvgIpc) is 2.68. The molecule has 2 aliphatic rings. The number of likely N-dealkylation sites (tertiary alicyclic amines) is 1. The molecule has 2 heterocycles. The lowest BCUT2D eigenvalue weighted by atomic mass is 10.1. The van der Waals surface area contributed by atoms with Gasteiger partial charge < -0.3 is 15.1 Å². The van der Waals surface area contributed by atoms with Gasteiger partial charge in [0.25, 0.3) is 0 Å². The van der Waals surface area contributed by atoms with E-state index in [0.717, 1.165) is 44.7 Å². The number of piperidine rings is 1. The van der Waals surface area contributed by atoms with E-state index in [2.05, 4.69) is 10.2 Å². The monoisotopic (exact) mass is 416 g/mol. The van der Waals surface area contributed by atoms with Gasteiger partial charge in [-0.25, -0.2) is 0 Å². The summed E-state index contributed by atoms with van der Waals surface area (Å²) >= 11 is 0. The molecule has 152 valence electrons. The first-order chi connectivity index (χ1) is 12.2. The van der Waals surface area contributed by atoms with E-state index in [1.54, 1.807) is 0 Å². The number of hydrogen-bond donors (Lipinski definition) is 1. The zero-order valence-electron chi connectivity index (χ0n) is 15.6. The molecule has 1 N–H and O–H groups in total. The molecule has 2 fully saturated rings. The smallest absolute Gasteiger partial charge is 0.241 e. The van der Waals surface area contributed by atoms with E-state index in [1.165, 1.54) is 6.42 Å². The lowest BCUT2D eigenvalue weighted by molar-refractivity contribution is -0.135. The Bertz CT molecular complexity index is 574. The number of benzene rings is 1. The number of anilines is 1. The summed E-state index contributed by atoms with van der Waals surface area (Å²) in [6, 6.07) is 9.77. The SMILES string of the molecule is Cl.Cl.O=C(CNc1ccccc1)N1CCN(CC(=O)N2CCCCC2)CC1. The Morgan fingerprint density at radius 2 is 1.37 bits per heavy atom. The Kier molecular flexibility index (Phi) is 10.5. The minimum absolute atomic E-state index is 0. The van der Waals surface area contributed by atoms with Crippen molar-refractivity contribution in [3.8, 4) is 0 Å². The van der Waals surface area contributed by atoms with E-state index in [-0.39, 0.29) is 36.6 Å². The summed E-state index contributed by atoms with van der Waals surface area (Å²) in [5.74, 6) is 0.357. The molecule has 1 aromatic rings. The Morgan fingerprint density at radius 3 is 2.00 bits per heavy atom. The molecule has 2 saturated heterocycles. The molecule has 0 aromatic heterocycles. The molecule has 0 aliphatic carbocycles. The highest BCUT2D eigenvalue weighted by Gasteiger charge is 2.24. The number of rotatable bonds is 5. The molecule has 0 saturated carbocycles. The quantitative estimate of drug-likeness (QED) is 0.798. The molecule has 8 heteroatoms. The van der Waals surface area contributed by atoms with Crippen molar-refractivity contribution >= 4 is 42.3 Å². The van der Waals surface area contributed by atoms with Crippen molar-refractivity contribution in [2.75, 3.05) is 57.7 Å². The Hall–Kier alpha value is -1.50. The van der Waals surface area contributed by atoms with Gasteiger partial charge in [-0.3, -0.25) is 14.5 Å². The molecule has 2 aliphatic heterocycles. The maximum Gasteiger partial charge on any atom is 0.241 e. The highest BCUT2D eigenvalue weighted by Crippen LogP contribution is 2.10. The van der Waals surface area contributed by atoms with Gasteiger partial charge in [0, 0.05) is 45.0 Å². The lowest BCUT2D eigenvalue weighted by Gasteiger charge is -2.36. The van der Waals surface area contributed by atoms with Crippen LogP contribution in [0.15, 0.2) is 30.3 Å². The summed E-state index contributed by atoms with van der Waals surface area (Å²) in [6.45, 7) is 5.56. The van der Waals surface area contributed by atoms with Crippen molar-refractivity contribution in [1.29, 1.82) is 0 Å². The maximum atomic E-state index is 12.3. The van der Waals surface area contributed by atoms with Gasteiger partial charge in [-0.05, 0) is 31.4 Å². The van der Waals surface area contributed by atoms with Crippen LogP contribution in [0.25, 0.3) is 0 Å². The van der Waals surface area contributed by atoms with Gasteiger partial charge >= 0.3 is 0 Å². The summed E-state index contributed by atoms with van der Waals surface area (Å²) < 4.78 is 0. The number of carbonyl (C=O) groups excluding carboxylic acids is 2. The van der Waals surface area contributed by atoms with Crippen LogP contribution in [0, 0.1) is 0 Å². The summed E-state index contributed by atoms with van der Waals surface area (Å²) in [5, 5.41) is 3.16. The first-order valence-electron chi connectivity index (χ1n) is 9.29. The molecule has 0 spiro atoms. The van der Waals surface area contributed by atoms with Gasteiger partial charge in [0.1, 0.15) is 0 Å². The molecular formula is C19H30Cl2N4O2. The van der Waals surface area contributed by atoms with Gasteiger partial charge in [0.05, 0.1) is 13.1 Å².